The van der Waals surface area contributed by atoms with E-state index >= 15 is 0 Å². The Hall–Kier alpha value is -1.28. The standard InChI is InChI=1S/C18H20Cl2N2O4S/c1-27-6-4-15(16(23)21-9-10-3-2-5-26-10)22-17(24)11-7-13(19)14(20)8-12(11)18(22)25/h7-8,10,15H,2-6,9H2,1H3,(H,21,23)/t10-,15-/m0/s1. The number of carbonyl (C=O) groups is 3. The summed E-state index contributed by atoms with van der Waals surface area (Å²) in [5, 5.41) is 3.22. The van der Waals surface area contributed by atoms with Gasteiger partial charge in [0, 0.05) is 13.2 Å². The number of hydrogen-bond donors (Lipinski definition) is 1. The smallest absolute Gasteiger partial charge is 0.262 e. The van der Waals surface area contributed by atoms with Crippen molar-refractivity contribution in [3.63, 3.8) is 0 Å². The number of carbonyl (C=O) groups excluding carboxylic acids is 3. The lowest BCUT2D eigenvalue weighted by molar-refractivity contribution is -0.125. The Morgan fingerprint density at radius 3 is 2.44 bits per heavy atom. The van der Waals surface area contributed by atoms with Crippen molar-refractivity contribution in [2.24, 2.45) is 0 Å². The molecule has 1 saturated heterocycles. The minimum absolute atomic E-state index is 0.0186. The van der Waals surface area contributed by atoms with Crippen LogP contribution in [0.3, 0.4) is 0 Å². The van der Waals surface area contributed by atoms with E-state index in [1.54, 1.807) is 11.8 Å². The van der Waals surface area contributed by atoms with Crippen molar-refractivity contribution >= 4 is 52.7 Å². The SMILES string of the molecule is CSCC[C@@H](C(=O)NC[C@@H]1CCCO1)N1C(=O)c2cc(Cl)c(Cl)cc2C1=O. The molecule has 2 heterocycles. The summed E-state index contributed by atoms with van der Waals surface area (Å²) in [6, 6.07) is 1.88. The zero-order valence-corrected chi connectivity index (χ0v) is 17.1. The average Bonchev–Trinajstić information content (AvgIpc) is 3.24. The molecule has 27 heavy (non-hydrogen) atoms. The Balaban J connectivity index is 1.80. The third kappa shape index (κ3) is 4.26. The summed E-state index contributed by atoms with van der Waals surface area (Å²) in [7, 11) is 0. The van der Waals surface area contributed by atoms with E-state index in [4.69, 9.17) is 27.9 Å². The van der Waals surface area contributed by atoms with Crippen molar-refractivity contribution in [3.8, 4) is 0 Å². The molecule has 3 amide bonds. The van der Waals surface area contributed by atoms with Crippen LogP contribution >= 0.6 is 35.0 Å². The number of rotatable bonds is 7. The van der Waals surface area contributed by atoms with Gasteiger partial charge in [0.15, 0.2) is 0 Å². The molecule has 2 aliphatic rings. The van der Waals surface area contributed by atoms with Gasteiger partial charge in [-0.15, -0.1) is 0 Å². The molecule has 3 rings (SSSR count). The van der Waals surface area contributed by atoms with E-state index in [1.807, 2.05) is 6.26 Å². The molecule has 0 bridgehead atoms. The number of hydrogen-bond acceptors (Lipinski definition) is 5. The Kier molecular flexibility index (Phi) is 6.68. The fraction of sp³-hybridized carbons (Fsp3) is 0.500. The molecular weight excluding hydrogens is 411 g/mol. The Labute approximate surface area is 171 Å². The summed E-state index contributed by atoms with van der Waals surface area (Å²) in [6.45, 7) is 1.06. The molecule has 6 nitrogen and oxygen atoms in total. The van der Waals surface area contributed by atoms with Gasteiger partial charge in [-0.25, -0.2) is 0 Å². The Morgan fingerprint density at radius 1 is 1.30 bits per heavy atom. The van der Waals surface area contributed by atoms with Crippen LogP contribution in [0.5, 0.6) is 0 Å². The fourth-order valence-electron chi connectivity index (χ4n) is 3.28. The van der Waals surface area contributed by atoms with Crippen LogP contribution in [0.25, 0.3) is 0 Å². The van der Waals surface area contributed by atoms with Crippen LogP contribution in [0.4, 0.5) is 0 Å². The second-order valence-corrected chi connectivity index (χ2v) is 8.27. The summed E-state index contributed by atoms with van der Waals surface area (Å²) in [5.74, 6) is -0.766. The Morgan fingerprint density at radius 2 is 1.93 bits per heavy atom. The molecule has 0 aliphatic carbocycles. The van der Waals surface area contributed by atoms with Crippen LogP contribution in [0.1, 0.15) is 40.0 Å². The maximum Gasteiger partial charge on any atom is 0.262 e. The summed E-state index contributed by atoms with van der Waals surface area (Å²) in [5.41, 5.74) is 0.353. The topological polar surface area (TPSA) is 75.7 Å². The largest absolute Gasteiger partial charge is 0.376 e. The molecular formula is C18H20Cl2N2O4S. The normalized spacial score (nSPS) is 20.1. The predicted octanol–water partition coefficient (Wildman–Crippen LogP) is 3.01. The number of ether oxygens (including phenoxy) is 1. The number of imide groups is 1. The van der Waals surface area contributed by atoms with Gasteiger partial charge in [0.05, 0.1) is 27.3 Å². The van der Waals surface area contributed by atoms with E-state index in [2.05, 4.69) is 5.32 Å². The first kappa shape index (κ1) is 20.5. The first-order chi connectivity index (χ1) is 12.9. The number of nitrogens with zero attached hydrogens (tertiary/aromatic N) is 1. The zero-order chi connectivity index (χ0) is 19.6. The number of thioether (sulfide) groups is 1. The van der Waals surface area contributed by atoms with Crippen molar-refractivity contribution in [2.75, 3.05) is 25.2 Å². The maximum atomic E-state index is 12.8. The van der Waals surface area contributed by atoms with Gasteiger partial charge in [-0.1, -0.05) is 23.2 Å². The number of fused-ring (bicyclic) bond motifs is 1. The highest BCUT2D eigenvalue weighted by Gasteiger charge is 2.43. The molecule has 0 radical (unpaired) electrons. The molecule has 1 N–H and O–H groups in total. The highest BCUT2D eigenvalue weighted by atomic mass is 35.5. The quantitative estimate of drug-likeness (QED) is 0.672. The van der Waals surface area contributed by atoms with Gasteiger partial charge in [0.2, 0.25) is 5.91 Å². The lowest BCUT2D eigenvalue weighted by Crippen LogP contribution is -2.51. The summed E-state index contributed by atoms with van der Waals surface area (Å²) < 4.78 is 5.51. The molecule has 0 unspecified atom stereocenters. The molecule has 1 fully saturated rings. The molecule has 0 spiro atoms. The van der Waals surface area contributed by atoms with Gasteiger partial charge in [0.25, 0.3) is 11.8 Å². The van der Waals surface area contributed by atoms with Crippen molar-refractivity contribution in [1.82, 2.24) is 10.2 Å². The number of nitrogens with one attached hydrogen (secondary N) is 1. The van der Waals surface area contributed by atoms with Crippen LogP contribution in [-0.4, -0.2) is 59.9 Å². The number of halogens is 2. The molecule has 0 saturated carbocycles. The zero-order valence-electron chi connectivity index (χ0n) is 14.8. The van der Waals surface area contributed by atoms with Gasteiger partial charge in [0.1, 0.15) is 6.04 Å². The minimum Gasteiger partial charge on any atom is -0.376 e. The molecule has 2 aliphatic heterocycles. The van der Waals surface area contributed by atoms with Crippen molar-refractivity contribution < 1.29 is 19.1 Å². The van der Waals surface area contributed by atoms with Gasteiger partial charge in [-0.05, 0) is 43.4 Å². The second-order valence-electron chi connectivity index (χ2n) is 6.47. The van der Waals surface area contributed by atoms with Gasteiger partial charge in [-0.3, -0.25) is 19.3 Å². The summed E-state index contributed by atoms with van der Waals surface area (Å²) >= 11 is 13.5. The van der Waals surface area contributed by atoms with Crippen molar-refractivity contribution in [3.05, 3.63) is 33.3 Å². The first-order valence-corrected chi connectivity index (χ1v) is 10.8. The fourth-order valence-corrected chi connectivity index (χ4v) is 4.07. The number of benzene rings is 1. The molecule has 1 aromatic carbocycles. The molecule has 9 heteroatoms. The highest BCUT2D eigenvalue weighted by molar-refractivity contribution is 7.98. The molecule has 1 aromatic rings. The van der Waals surface area contributed by atoms with E-state index < -0.39 is 17.9 Å². The summed E-state index contributed by atoms with van der Waals surface area (Å²) in [6.07, 6.45) is 4.11. The molecule has 0 aromatic heterocycles. The van der Waals surface area contributed by atoms with E-state index in [1.165, 1.54) is 12.1 Å². The van der Waals surface area contributed by atoms with Crippen LogP contribution in [0.2, 0.25) is 10.0 Å². The van der Waals surface area contributed by atoms with Crippen LogP contribution < -0.4 is 5.32 Å². The Bertz CT molecular complexity index is 727. The third-order valence-electron chi connectivity index (χ3n) is 4.70. The molecule has 146 valence electrons. The van der Waals surface area contributed by atoms with Gasteiger partial charge in [-0.2, -0.15) is 11.8 Å². The minimum atomic E-state index is -0.885. The van der Waals surface area contributed by atoms with Crippen molar-refractivity contribution in [2.45, 2.75) is 31.4 Å². The van der Waals surface area contributed by atoms with E-state index in [9.17, 15) is 14.4 Å². The monoisotopic (exact) mass is 430 g/mol. The second kappa shape index (κ2) is 8.82. The van der Waals surface area contributed by atoms with Gasteiger partial charge >= 0.3 is 0 Å². The first-order valence-electron chi connectivity index (χ1n) is 8.69. The van der Waals surface area contributed by atoms with Crippen LogP contribution in [0.15, 0.2) is 12.1 Å². The lowest BCUT2D eigenvalue weighted by atomic mass is 10.1. The van der Waals surface area contributed by atoms with E-state index in [-0.39, 0.29) is 33.2 Å². The van der Waals surface area contributed by atoms with Gasteiger partial charge < -0.3 is 10.1 Å². The van der Waals surface area contributed by atoms with Crippen LogP contribution in [-0.2, 0) is 9.53 Å². The predicted molar refractivity (Wildman–Crippen MR) is 106 cm³/mol. The van der Waals surface area contributed by atoms with E-state index in [0.717, 1.165) is 17.7 Å². The highest BCUT2D eigenvalue weighted by Crippen LogP contribution is 2.33. The van der Waals surface area contributed by atoms with Crippen LogP contribution in [0, 0.1) is 0 Å². The molecule has 2 atom stereocenters. The lowest BCUT2D eigenvalue weighted by Gasteiger charge is -2.25. The van der Waals surface area contributed by atoms with E-state index in [0.29, 0.717) is 25.3 Å². The summed E-state index contributed by atoms with van der Waals surface area (Å²) in [4.78, 5) is 39.5. The third-order valence-corrected chi connectivity index (χ3v) is 6.06. The maximum absolute atomic E-state index is 12.8. The van der Waals surface area contributed by atoms with Crippen molar-refractivity contribution in [1.29, 1.82) is 0 Å². The average molecular weight is 431 g/mol. The number of amides is 3.